The number of rotatable bonds is 7. The van der Waals surface area contributed by atoms with Gasteiger partial charge in [-0.15, -0.1) is 0 Å². The lowest BCUT2D eigenvalue weighted by molar-refractivity contribution is -0.137. The van der Waals surface area contributed by atoms with E-state index in [2.05, 4.69) is 25.6 Å². The topological polar surface area (TPSA) is 83.0 Å². The minimum Gasteiger partial charge on any atom is -0.394 e. The van der Waals surface area contributed by atoms with Crippen molar-refractivity contribution in [3.63, 3.8) is 0 Å². The fraction of sp³-hybridized carbons (Fsp3) is 0.286. The molecular weight excluding hydrogens is 431 g/mol. The van der Waals surface area contributed by atoms with Crippen LogP contribution >= 0.6 is 11.6 Å². The number of alkyl halides is 3. The maximum Gasteiger partial charge on any atom is 0.416 e. The van der Waals surface area contributed by atoms with Gasteiger partial charge in [0.25, 0.3) is 0 Å². The SMILES string of the molecule is CC(C)[C@H](CO)Nc1nc(Nc2ccc(C(F)(F)F)cc2Cl)cc(-c2cccnc2)n1. The number of hydrogen-bond donors (Lipinski definition) is 3. The zero-order valence-electron chi connectivity index (χ0n) is 16.8. The van der Waals surface area contributed by atoms with Gasteiger partial charge in [-0.25, -0.2) is 4.98 Å². The quantitative estimate of drug-likeness (QED) is 0.447. The summed E-state index contributed by atoms with van der Waals surface area (Å²) in [6, 6.07) is 7.97. The number of pyridine rings is 1. The van der Waals surface area contributed by atoms with Gasteiger partial charge in [0.2, 0.25) is 5.95 Å². The van der Waals surface area contributed by atoms with Crippen LogP contribution in [0, 0.1) is 5.92 Å². The summed E-state index contributed by atoms with van der Waals surface area (Å²) in [5, 5.41) is 15.6. The Kier molecular flexibility index (Phi) is 6.97. The summed E-state index contributed by atoms with van der Waals surface area (Å²) in [7, 11) is 0. The third-order valence-electron chi connectivity index (χ3n) is 4.56. The first kappa shape index (κ1) is 22.8. The lowest BCUT2D eigenvalue weighted by Crippen LogP contribution is -2.30. The van der Waals surface area contributed by atoms with Crippen molar-refractivity contribution in [3.8, 4) is 11.3 Å². The van der Waals surface area contributed by atoms with Gasteiger partial charge in [-0.3, -0.25) is 4.98 Å². The van der Waals surface area contributed by atoms with E-state index in [1.165, 1.54) is 6.07 Å². The number of hydrogen-bond acceptors (Lipinski definition) is 6. The number of aliphatic hydroxyl groups is 1. The Morgan fingerprint density at radius 1 is 1.13 bits per heavy atom. The summed E-state index contributed by atoms with van der Waals surface area (Å²) in [5.41, 5.74) is 0.682. The molecule has 0 bridgehead atoms. The fourth-order valence-electron chi connectivity index (χ4n) is 2.76. The first-order chi connectivity index (χ1) is 14.7. The van der Waals surface area contributed by atoms with Crippen molar-refractivity contribution in [2.75, 3.05) is 17.2 Å². The molecule has 0 fully saturated rings. The number of nitrogens with one attached hydrogen (secondary N) is 2. The van der Waals surface area contributed by atoms with E-state index in [1.807, 2.05) is 19.9 Å². The van der Waals surface area contributed by atoms with Crippen molar-refractivity contribution >= 4 is 29.1 Å². The van der Waals surface area contributed by atoms with Crippen LogP contribution in [0.4, 0.5) is 30.6 Å². The average molecular weight is 452 g/mol. The number of aliphatic hydroxyl groups excluding tert-OH is 1. The minimum atomic E-state index is -4.49. The minimum absolute atomic E-state index is 0.0960. The van der Waals surface area contributed by atoms with E-state index in [9.17, 15) is 18.3 Å². The zero-order chi connectivity index (χ0) is 22.6. The highest BCUT2D eigenvalue weighted by molar-refractivity contribution is 6.33. The highest BCUT2D eigenvalue weighted by Crippen LogP contribution is 2.35. The molecule has 1 atom stereocenters. The molecule has 0 aliphatic rings. The van der Waals surface area contributed by atoms with E-state index >= 15 is 0 Å². The fourth-order valence-corrected chi connectivity index (χ4v) is 2.99. The molecule has 3 aromatic rings. The molecule has 0 radical (unpaired) electrons. The lowest BCUT2D eigenvalue weighted by Gasteiger charge is -2.21. The van der Waals surface area contributed by atoms with Crippen molar-refractivity contribution in [2.45, 2.75) is 26.1 Å². The molecule has 3 rings (SSSR count). The second kappa shape index (κ2) is 9.49. The molecule has 0 saturated carbocycles. The molecule has 2 aromatic heterocycles. The number of benzene rings is 1. The van der Waals surface area contributed by atoms with Crippen LogP contribution in [0.1, 0.15) is 19.4 Å². The van der Waals surface area contributed by atoms with Crippen LogP contribution in [0.15, 0.2) is 48.8 Å². The maximum atomic E-state index is 12.9. The third-order valence-corrected chi connectivity index (χ3v) is 4.87. The highest BCUT2D eigenvalue weighted by Gasteiger charge is 2.31. The number of aromatic nitrogens is 3. The van der Waals surface area contributed by atoms with E-state index in [0.717, 1.165) is 17.7 Å². The molecule has 0 aliphatic heterocycles. The summed E-state index contributed by atoms with van der Waals surface area (Å²) >= 11 is 6.07. The summed E-state index contributed by atoms with van der Waals surface area (Å²) < 4.78 is 38.7. The molecule has 2 heterocycles. The molecule has 0 amide bonds. The van der Waals surface area contributed by atoms with Crippen molar-refractivity contribution in [3.05, 3.63) is 59.4 Å². The predicted molar refractivity (Wildman–Crippen MR) is 114 cm³/mol. The van der Waals surface area contributed by atoms with Crippen LogP contribution in [0.3, 0.4) is 0 Å². The highest BCUT2D eigenvalue weighted by atomic mass is 35.5. The van der Waals surface area contributed by atoms with E-state index in [4.69, 9.17) is 11.6 Å². The molecular formula is C21H21ClF3N5O. The Balaban J connectivity index is 1.98. The predicted octanol–water partition coefficient (Wildman–Crippen LogP) is 5.38. The number of halogens is 4. The summed E-state index contributed by atoms with van der Waals surface area (Å²) in [5.74, 6) is 0.675. The number of anilines is 3. The van der Waals surface area contributed by atoms with Crippen LogP contribution in [-0.4, -0.2) is 32.7 Å². The molecule has 10 heteroatoms. The lowest BCUT2D eigenvalue weighted by atomic mass is 10.1. The first-order valence-corrected chi connectivity index (χ1v) is 9.86. The summed E-state index contributed by atoms with van der Waals surface area (Å²) in [6.45, 7) is 3.77. The second-order valence-corrected chi connectivity index (χ2v) is 7.61. The Hall–Kier alpha value is -2.91. The third kappa shape index (κ3) is 5.83. The van der Waals surface area contributed by atoms with Crippen molar-refractivity contribution in [1.82, 2.24) is 15.0 Å². The Morgan fingerprint density at radius 2 is 1.90 bits per heavy atom. The number of nitrogens with zero attached hydrogens (tertiary/aromatic N) is 3. The van der Waals surface area contributed by atoms with Crippen LogP contribution in [-0.2, 0) is 6.18 Å². The summed E-state index contributed by atoms with van der Waals surface area (Å²) in [6.07, 6.45) is -1.23. The average Bonchev–Trinajstić information content (AvgIpc) is 2.73. The summed E-state index contributed by atoms with van der Waals surface area (Å²) in [4.78, 5) is 13.0. The van der Waals surface area contributed by atoms with Crippen LogP contribution < -0.4 is 10.6 Å². The van der Waals surface area contributed by atoms with Gasteiger partial charge in [-0.05, 0) is 36.2 Å². The van der Waals surface area contributed by atoms with Gasteiger partial charge >= 0.3 is 6.18 Å². The molecule has 0 saturated heterocycles. The Labute approximate surface area is 182 Å². The molecule has 3 N–H and O–H groups in total. The van der Waals surface area contributed by atoms with Gasteiger partial charge in [-0.2, -0.15) is 18.2 Å². The molecule has 0 unspecified atom stereocenters. The van der Waals surface area contributed by atoms with Gasteiger partial charge in [-0.1, -0.05) is 25.4 Å². The molecule has 6 nitrogen and oxygen atoms in total. The smallest absolute Gasteiger partial charge is 0.394 e. The van der Waals surface area contributed by atoms with Crippen molar-refractivity contribution in [2.24, 2.45) is 5.92 Å². The van der Waals surface area contributed by atoms with Gasteiger partial charge in [0, 0.05) is 24.0 Å². The van der Waals surface area contributed by atoms with E-state index in [0.29, 0.717) is 11.5 Å². The van der Waals surface area contributed by atoms with E-state index in [1.54, 1.807) is 24.5 Å². The second-order valence-electron chi connectivity index (χ2n) is 7.20. The van der Waals surface area contributed by atoms with Crippen LogP contribution in [0.5, 0.6) is 0 Å². The van der Waals surface area contributed by atoms with Crippen molar-refractivity contribution in [1.29, 1.82) is 0 Å². The standard InChI is InChI=1S/C21H21ClF3N5O/c1-12(2)18(11-31)29-20-28-17(13-4-3-7-26-10-13)9-19(30-20)27-16-6-5-14(8-15(16)22)21(23,24)25/h3-10,12,18,31H,11H2,1-2H3,(H2,27,28,29,30)/t18-/m0/s1. The Bertz CT molecular complexity index is 1030. The first-order valence-electron chi connectivity index (χ1n) is 9.48. The largest absolute Gasteiger partial charge is 0.416 e. The molecule has 31 heavy (non-hydrogen) atoms. The molecule has 0 spiro atoms. The van der Waals surface area contributed by atoms with Gasteiger partial charge in [0.1, 0.15) is 5.82 Å². The van der Waals surface area contributed by atoms with Crippen LogP contribution in [0.25, 0.3) is 11.3 Å². The zero-order valence-corrected chi connectivity index (χ0v) is 17.5. The monoisotopic (exact) mass is 451 g/mol. The molecule has 0 aliphatic carbocycles. The van der Waals surface area contributed by atoms with Crippen molar-refractivity contribution < 1.29 is 18.3 Å². The molecule has 164 valence electrons. The molecule has 1 aromatic carbocycles. The van der Waals surface area contributed by atoms with Gasteiger partial charge in [0.15, 0.2) is 0 Å². The van der Waals surface area contributed by atoms with Gasteiger partial charge in [0.05, 0.1) is 34.6 Å². The van der Waals surface area contributed by atoms with Crippen LogP contribution in [0.2, 0.25) is 5.02 Å². The normalized spacial score (nSPS) is 12.6. The van der Waals surface area contributed by atoms with Gasteiger partial charge < -0.3 is 15.7 Å². The maximum absolute atomic E-state index is 12.9. The Morgan fingerprint density at radius 3 is 2.48 bits per heavy atom. The van der Waals surface area contributed by atoms with E-state index < -0.39 is 11.7 Å². The van der Waals surface area contributed by atoms with E-state index in [-0.39, 0.29) is 35.2 Å².